The van der Waals surface area contributed by atoms with E-state index in [1.807, 2.05) is 4.90 Å². The SMILES string of the molecule is CCC1CCCC(N2CC(C(=O)O)CCC2=O)C1. The molecule has 0 spiro atoms. The van der Waals surface area contributed by atoms with Gasteiger partial charge in [-0.05, 0) is 25.2 Å². The van der Waals surface area contributed by atoms with Gasteiger partial charge in [-0.3, -0.25) is 9.59 Å². The lowest BCUT2D eigenvalue weighted by Crippen LogP contribution is -2.49. The van der Waals surface area contributed by atoms with Gasteiger partial charge in [0.05, 0.1) is 5.92 Å². The number of hydrogen-bond donors (Lipinski definition) is 1. The maximum Gasteiger partial charge on any atom is 0.308 e. The molecule has 4 nitrogen and oxygen atoms in total. The molecule has 2 aliphatic rings. The predicted octanol–water partition coefficient (Wildman–Crippen LogP) is 2.28. The van der Waals surface area contributed by atoms with Crippen molar-refractivity contribution in [3.05, 3.63) is 0 Å². The Morgan fingerprint density at radius 3 is 2.83 bits per heavy atom. The molecule has 0 aromatic carbocycles. The molecule has 3 unspecified atom stereocenters. The fraction of sp³-hybridized carbons (Fsp3) is 0.857. The van der Waals surface area contributed by atoms with Crippen LogP contribution in [0.2, 0.25) is 0 Å². The highest BCUT2D eigenvalue weighted by atomic mass is 16.4. The van der Waals surface area contributed by atoms with Crippen LogP contribution in [0.3, 0.4) is 0 Å². The van der Waals surface area contributed by atoms with E-state index in [0.29, 0.717) is 31.3 Å². The summed E-state index contributed by atoms with van der Waals surface area (Å²) in [6, 6.07) is 0.290. The number of likely N-dealkylation sites (tertiary alicyclic amines) is 1. The van der Waals surface area contributed by atoms with Crippen LogP contribution in [0.15, 0.2) is 0 Å². The third-order valence-electron chi connectivity index (χ3n) is 4.57. The van der Waals surface area contributed by atoms with Crippen LogP contribution in [0.25, 0.3) is 0 Å². The summed E-state index contributed by atoms with van der Waals surface area (Å²) in [5.74, 6) is -0.240. The molecule has 102 valence electrons. The first-order valence-electron chi connectivity index (χ1n) is 7.14. The Morgan fingerprint density at radius 1 is 1.39 bits per heavy atom. The normalized spacial score (nSPS) is 33.5. The second-order valence-electron chi connectivity index (χ2n) is 5.71. The number of nitrogens with zero attached hydrogens (tertiary/aromatic N) is 1. The van der Waals surface area contributed by atoms with Crippen LogP contribution in [0.4, 0.5) is 0 Å². The van der Waals surface area contributed by atoms with E-state index in [1.54, 1.807) is 0 Å². The quantitative estimate of drug-likeness (QED) is 0.839. The number of carbonyl (C=O) groups is 2. The summed E-state index contributed by atoms with van der Waals surface area (Å²) in [5, 5.41) is 9.10. The van der Waals surface area contributed by atoms with Crippen molar-refractivity contribution in [2.75, 3.05) is 6.54 Å². The van der Waals surface area contributed by atoms with Crippen LogP contribution in [0.5, 0.6) is 0 Å². The smallest absolute Gasteiger partial charge is 0.308 e. The van der Waals surface area contributed by atoms with E-state index in [2.05, 4.69) is 6.92 Å². The zero-order valence-corrected chi connectivity index (χ0v) is 11.1. The summed E-state index contributed by atoms with van der Waals surface area (Å²) < 4.78 is 0. The number of hydrogen-bond acceptors (Lipinski definition) is 2. The molecule has 3 atom stereocenters. The van der Waals surface area contributed by atoms with E-state index >= 15 is 0 Å². The standard InChI is InChI=1S/C14H23NO3/c1-2-10-4-3-5-12(8-10)15-9-11(14(17)18)6-7-13(15)16/h10-12H,2-9H2,1H3,(H,17,18). The molecule has 4 heteroatoms. The highest BCUT2D eigenvalue weighted by molar-refractivity contribution is 5.80. The molecule has 1 amide bonds. The van der Waals surface area contributed by atoms with E-state index in [1.165, 1.54) is 19.3 Å². The molecule has 1 heterocycles. The number of piperidine rings is 1. The number of aliphatic carboxylic acids is 1. The minimum Gasteiger partial charge on any atom is -0.481 e. The summed E-state index contributed by atoms with van der Waals surface area (Å²) in [7, 11) is 0. The van der Waals surface area contributed by atoms with Gasteiger partial charge in [0.2, 0.25) is 5.91 Å². The lowest BCUT2D eigenvalue weighted by atomic mass is 9.82. The molecule has 1 aliphatic carbocycles. The third-order valence-corrected chi connectivity index (χ3v) is 4.57. The fourth-order valence-corrected chi connectivity index (χ4v) is 3.34. The minimum atomic E-state index is -0.754. The molecule has 0 aromatic heterocycles. The van der Waals surface area contributed by atoms with Gasteiger partial charge in [-0.15, -0.1) is 0 Å². The summed E-state index contributed by atoms with van der Waals surface area (Å²) in [6.45, 7) is 2.63. The predicted molar refractivity (Wildman–Crippen MR) is 68.1 cm³/mol. The first kappa shape index (κ1) is 13.4. The molecule has 0 bridgehead atoms. The monoisotopic (exact) mass is 253 g/mol. The molecule has 1 saturated heterocycles. The molecule has 18 heavy (non-hydrogen) atoms. The van der Waals surface area contributed by atoms with Gasteiger partial charge >= 0.3 is 5.97 Å². The third kappa shape index (κ3) is 2.85. The Hall–Kier alpha value is -1.06. The minimum absolute atomic E-state index is 0.161. The van der Waals surface area contributed by atoms with Crippen molar-refractivity contribution in [2.45, 2.75) is 57.9 Å². The molecule has 0 radical (unpaired) electrons. The van der Waals surface area contributed by atoms with E-state index in [9.17, 15) is 9.59 Å². The number of amides is 1. The number of carbonyl (C=O) groups excluding carboxylic acids is 1. The highest BCUT2D eigenvalue weighted by Crippen LogP contribution is 2.32. The largest absolute Gasteiger partial charge is 0.481 e. The van der Waals surface area contributed by atoms with Crippen LogP contribution >= 0.6 is 0 Å². The molecule has 1 saturated carbocycles. The number of carboxylic acid groups (broad SMARTS) is 1. The van der Waals surface area contributed by atoms with Crippen molar-refractivity contribution in [1.29, 1.82) is 0 Å². The van der Waals surface area contributed by atoms with Crippen LogP contribution in [0, 0.1) is 11.8 Å². The Balaban J connectivity index is 2.00. The Bertz CT molecular complexity index is 329. The summed E-state index contributed by atoms with van der Waals surface area (Å²) in [5.41, 5.74) is 0. The first-order valence-corrected chi connectivity index (χ1v) is 7.14. The maximum absolute atomic E-state index is 12.0. The van der Waals surface area contributed by atoms with Gasteiger partial charge in [0.15, 0.2) is 0 Å². The topological polar surface area (TPSA) is 57.6 Å². The van der Waals surface area contributed by atoms with Crippen molar-refractivity contribution in [3.8, 4) is 0 Å². The highest BCUT2D eigenvalue weighted by Gasteiger charge is 2.35. The number of rotatable bonds is 3. The van der Waals surface area contributed by atoms with Gasteiger partial charge in [-0.25, -0.2) is 0 Å². The summed E-state index contributed by atoms with van der Waals surface area (Å²) in [4.78, 5) is 24.9. The van der Waals surface area contributed by atoms with E-state index < -0.39 is 5.97 Å². The van der Waals surface area contributed by atoms with Crippen molar-refractivity contribution in [3.63, 3.8) is 0 Å². The van der Waals surface area contributed by atoms with Crippen molar-refractivity contribution < 1.29 is 14.7 Å². The average Bonchev–Trinajstić information content (AvgIpc) is 2.39. The van der Waals surface area contributed by atoms with Crippen LogP contribution in [-0.4, -0.2) is 34.5 Å². The van der Waals surface area contributed by atoms with Gasteiger partial charge in [0.25, 0.3) is 0 Å². The van der Waals surface area contributed by atoms with Gasteiger partial charge < -0.3 is 10.0 Å². The zero-order chi connectivity index (χ0) is 13.1. The molecule has 1 aliphatic heterocycles. The van der Waals surface area contributed by atoms with Gasteiger partial charge in [-0.1, -0.05) is 26.2 Å². The fourth-order valence-electron chi connectivity index (χ4n) is 3.34. The number of carboxylic acids is 1. The van der Waals surface area contributed by atoms with Crippen molar-refractivity contribution in [1.82, 2.24) is 4.90 Å². The molecular formula is C14H23NO3. The summed E-state index contributed by atoms with van der Waals surface area (Å²) in [6.07, 6.45) is 6.63. The lowest BCUT2D eigenvalue weighted by molar-refractivity contribution is -0.149. The zero-order valence-electron chi connectivity index (χ0n) is 11.1. The molecule has 0 aromatic rings. The molecule has 2 rings (SSSR count). The molecule has 2 fully saturated rings. The molecule has 1 N–H and O–H groups in total. The van der Waals surface area contributed by atoms with Crippen LogP contribution in [0.1, 0.15) is 51.9 Å². The molecular weight excluding hydrogens is 230 g/mol. The van der Waals surface area contributed by atoms with Crippen LogP contribution < -0.4 is 0 Å². The van der Waals surface area contributed by atoms with Gasteiger partial charge in [0, 0.05) is 19.0 Å². The summed E-state index contributed by atoms with van der Waals surface area (Å²) >= 11 is 0. The maximum atomic E-state index is 12.0. The van der Waals surface area contributed by atoms with Crippen molar-refractivity contribution >= 4 is 11.9 Å². The van der Waals surface area contributed by atoms with E-state index in [0.717, 1.165) is 12.8 Å². The Morgan fingerprint density at radius 2 is 2.17 bits per heavy atom. The van der Waals surface area contributed by atoms with Crippen molar-refractivity contribution in [2.24, 2.45) is 11.8 Å². The Labute approximate surface area is 108 Å². The Kier molecular flexibility index (Phi) is 4.25. The second kappa shape index (κ2) is 5.72. The van der Waals surface area contributed by atoms with Crippen LogP contribution in [-0.2, 0) is 9.59 Å². The lowest BCUT2D eigenvalue weighted by Gasteiger charge is -2.41. The van der Waals surface area contributed by atoms with E-state index in [4.69, 9.17) is 5.11 Å². The first-order chi connectivity index (χ1) is 8.61. The van der Waals surface area contributed by atoms with E-state index in [-0.39, 0.29) is 11.8 Å². The van der Waals surface area contributed by atoms with Gasteiger partial charge in [0.1, 0.15) is 0 Å². The average molecular weight is 253 g/mol. The second-order valence-corrected chi connectivity index (χ2v) is 5.71. The van der Waals surface area contributed by atoms with Gasteiger partial charge in [-0.2, -0.15) is 0 Å².